The van der Waals surface area contributed by atoms with Gasteiger partial charge in [-0.2, -0.15) is 0 Å². The molecule has 2 N–H and O–H groups in total. The molecule has 4 nitrogen and oxygen atoms in total. The third-order valence-corrected chi connectivity index (χ3v) is 6.84. The molecule has 0 aliphatic rings. The summed E-state index contributed by atoms with van der Waals surface area (Å²) in [5.74, 6) is -1.64. The van der Waals surface area contributed by atoms with E-state index in [-0.39, 0.29) is 18.3 Å². The molecular weight excluding hydrogens is 400 g/mol. The Bertz CT molecular complexity index is 768. The van der Waals surface area contributed by atoms with E-state index in [0.29, 0.717) is 12.8 Å². The zero-order valence-corrected chi connectivity index (χ0v) is 19.5. The molecule has 0 aliphatic heterocycles. The molecule has 0 aliphatic carbocycles. The number of hydrogen-bond acceptors (Lipinski definition) is 2. The zero-order valence-electron chi connectivity index (χ0n) is 19.5. The molecule has 0 radical (unpaired) electrons. The first-order chi connectivity index (χ1) is 15.5. The number of benzene rings is 2. The van der Waals surface area contributed by atoms with Crippen molar-refractivity contribution in [1.82, 2.24) is 0 Å². The van der Waals surface area contributed by atoms with Gasteiger partial charge in [0.25, 0.3) is 0 Å². The predicted molar refractivity (Wildman–Crippen MR) is 129 cm³/mol. The average molecular weight is 439 g/mol. The van der Waals surface area contributed by atoms with Crippen LogP contribution in [0.4, 0.5) is 0 Å². The second-order valence-electron chi connectivity index (χ2n) is 8.75. The van der Waals surface area contributed by atoms with Gasteiger partial charge in [-0.3, -0.25) is 9.59 Å². The third-order valence-electron chi connectivity index (χ3n) is 6.84. The predicted octanol–water partition coefficient (Wildman–Crippen LogP) is 7.26. The van der Waals surface area contributed by atoms with Gasteiger partial charge in [0.05, 0.1) is 5.41 Å². The first-order valence-corrected chi connectivity index (χ1v) is 12.0. The van der Waals surface area contributed by atoms with E-state index in [9.17, 15) is 14.7 Å². The summed E-state index contributed by atoms with van der Waals surface area (Å²) >= 11 is 0. The number of hydrogen-bond donors (Lipinski definition) is 2. The van der Waals surface area contributed by atoms with Gasteiger partial charge in [-0.1, -0.05) is 100 Å². The van der Waals surface area contributed by atoms with E-state index in [1.807, 2.05) is 36.4 Å². The molecule has 0 bridgehead atoms. The fourth-order valence-electron chi connectivity index (χ4n) is 5.39. The Labute approximate surface area is 192 Å². The average Bonchev–Trinajstić information content (AvgIpc) is 2.80. The molecule has 0 heterocycles. The number of aliphatic carboxylic acids is 2. The van der Waals surface area contributed by atoms with Crippen LogP contribution in [-0.4, -0.2) is 22.2 Å². The lowest BCUT2D eigenvalue weighted by Gasteiger charge is -2.44. The highest BCUT2D eigenvalue weighted by molar-refractivity contribution is 5.78. The lowest BCUT2D eigenvalue weighted by atomic mass is 9.58. The van der Waals surface area contributed by atoms with Crippen molar-refractivity contribution in [3.05, 3.63) is 71.8 Å². The lowest BCUT2D eigenvalue weighted by Crippen LogP contribution is -2.43. The molecule has 32 heavy (non-hydrogen) atoms. The van der Waals surface area contributed by atoms with Gasteiger partial charge in [-0.05, 0) is 36.8 Å². The molecule has 0 aromatic heterocycles. The second kappa shape index (κ2) is 13.0. The van der Waals surface area contributed by atoms with Crippen LogP contribution in [0.3, 0.4) is 0 Å². The summed E-state index contributed by atoms with van der Waals surface area (Å²) in [7, 11) is 0. The quantitative estimate of drug-likeness (QED) is 0.287. The smallest absolute Gasteiger partial charge is 0.310 e. The maximum atomic E-state index is 13.1. The van der Waals surface area contributed by atoms with Crippen LogP contribution in [0.1, 0.15) is 94.6 Å². The van der Waals surface area contributed by atoms with Crippen molar-refractivity contribution in [3.8, 4) is 0 Å². The minimum absolute atomic E-state index is 0.0848. The highest BCUT2D eigenvalue weighted by Crippen LogP contribution is 2.53. The van der Waals surface area contributed by atoms with Crippen LogP contribution in [0.15, 0.2) is 60.7 Å². The van der Waals surface area contributed by atoms with Gasteiger partial charge in [0.1, 0.15) is 0 Å². The van der Waals surface area contributed by atoms with Gasteiger partial charge < -0.3 is 10.2 Å². The van der Waals surface area contributed by atoms with E-state index in [4.69, 9.17) is 5.11 Å². The Kier molecular flexibility index (Phi) is 10.5. The first-order valence-electron chi connectivity index (χ1n) is 12.0. The van der Waals surface area contributed by atoms with Crippen molar-refractivity contribution in [2.45, 2.75) is 83.5 Å². The molecule has 0 amide bonds. The minimum atomic E-state index is -0.896. The Morgan fingerprint density at radius 3 is 1.56 bits per heavy atom. The van der Waals surface area contributed by atoms with Gasteiger partial charge in [-0.15, -0.1) is 0 Å². The highest BCUT2D eigenvalue weighted by Gasteiger charge is 2.50. The number of carboxylic acid groups (broad SMARTS) is 2. The molecule has 2 aromatic rings. The van der Waals surface area contributed by atoms with Crippen LogP contribution >= 0.6 is 0 Å². The van der Waals surface area contributed by atoms with Crippen LogP contribution in [-0.2, 0) is 9.59 Å². The fraction of sp³-hybridized carbons (Fsp3) is 0.500. The SMILES string of the molecule is CCC(c1ccccc1)C(CCCCCCCC(=O)O)(C(=O)O)C(CC)c1ccccc1. The van der Waals surface area contributed by atoms with Gasteiger partial charge in [0.15, 0.2) is 0 Å². The van der Waals surface area contributed by atoms with Crippen molar-refractivity contribution >= 4 is 11.9 Å². The topological polar surface area (TPSA) is 74.6 Å². The first kappa shape index (κ1) is 25.6. The van der Waals surface area contributed by atoms with Crippen molar-refractivity contribution in [3.63, 3.8) is 0 Å². The maximum Gasteiger partial charge on any atom is 0.310 e. The maximum absolute atomic E-state index is 13.1. The summed E-state index contributed by atoms with van der Waals surface area (Å²) in [5.41, 5.74) is 1.29. The van der Waals surface area contributed by atoms with Crippen molar-refractivity contribution in [2.75, 3.05) is 0 Å². The monoisotopic (exact) mass is 438 g/mol. The standard InChI is InChI=1S/C28H38O4/c1-3-24(22-16-10-8-11-17-22)28(27(31)32,21-15-7-5-6-14-20-26(29)30)25(4-2)23-18-12-9-13-19-23/h8-13,16-19,24-25H,3-7,14-15,20-21H2,1-2H3,(H,29,30)(H,31,32). The summed E-state index contributed by atoms with van der Waals surface area (Å²) in [4.78, 5) is 23.9. The normalized spacial score (nSPS) is 14.9. The molecule has 0 saturated carbocycles. The van der Waals surface area contributed by atoms with Gasteiger partial charge in [0.2, 0.25) is 0 Å². The van der Waals surface area contributed by atoms with Crippen LogP contribution in [0.2, 0.25) is 0 Å². The molecule has 2 aromatic carbocycles. The molecule has 2 rings (SSSR count). The molecule has 174 valence electrons. The highest BCUT2D eigenvalue weighted by atomic mass is 16.4. The summed E-state index contributed by atoms with van der Waals surface area (Å²) in [5, 5.41) is 19.6. The molecule has 0 fully saturated rings. The molecule has 2 unspecified atom stereocenters. The Balaban J connectivity index is 2.35. The summed E-state index contributed by atoms with van der Waals surface area (Å²) < 4.78 is 0. The Morgan fingerprint density at radius 2 is 1.16 bits per heavy atom. The van der Waals surface area contributed by atoms with Gasteiger partial charge in [0, 0.05) is 18.3 Å². The van der Waals surface area contributed by atoms with E-state index in [2.05, 4.69) is 38.1 Å². The van der Waals surface area contributed by atoms with E-state index < -0.39 is 17.4 Å². The zero-order chi connectivity index (χ0) is 23.4. The van der Waals surface area contributed by atoms with Crippen LogP contribution in [0.25, 0.3) is 0 Å². The van der Waals surface area contributed by atoms with Crippen molar-refractivity contribution in [2.24, 2.45) is 5.41 Å². The lowest BCUT2D eigenvalue weighted by molar-refractivity contribution is -0.153. The van der Waals surface area contributed by atoms with E-state index in [0.717, 1.165) is 49.7 Å². The number of rotatable bonds is 15. The summed E-state index contributed by atoms with van der Waals surface area (Å²) in [6.07, 6.45) is 6.58. The van der Waals surface area contributed by atoms with Gasteiger partial charge in [-0.25, -0.2) is 0 Å². The molecule has 2 atom stereocenters. The van der Waals surface area contributed by atoms with Crippen LogP contribution in [0.5, 0.6) is 0 Å². The van der Waals surface area contributed by atoms with E-state index >= 15 is 0 Å². The Hall–Kier alpha value is -2.62. The number of unbranched alkanes of at least 4 members (excludes halogenated alkanes) is 4. The third kappa shape index (κ3) is 6.44. The second-order valence-corrected chi connectivity index (χ2v) is 8.75. The van der Waals surface area contributed by atoms with Crippen LogP contribution in [0, 0.1) is 5.41 Å². The van der Waals surface area contributed by atoms with Crippen LogP contribution < -0.4 is 0 Å². The number of carboxylic acids is 2. The summed E-state index contributed by atoms with van der Waals surface area (Å²) in [6.45, 7) is 4.19. The van der Waals surface area contributed by atoms with E-state index in [1.54, 1.807) is 0 Å². The summed E-state index contributed by atoms with van der Waals surface area (Å²) in [6, 6.07) is 20.2. The fourth-order valence-corrected chi connectivity index (χ4v) is 5.39. The molecular formula is C28H38O4. The minimum Gasteiger partial charge on any atom is -0.481 e. The number of carbonyl (C=O) groups is 2. The van der Waals surface area contributed by atoms with Crippen molar-refractivity contribution in [1.29, 1.82) is 0 Å². The largest absolute Gasteiger partial charge is 0.481 e. The van der Waals surface area contributed by atoms with E-state index in [1.165, 1.54) is 0 Å². The molecule has 4 heteroatoms. The molecule has 0 saturated heterocycles. The van der Waals surface area contributed by atoms with Crippen molar-refractivity contribution < 1.29 is 19.8 Å². The molecule has 0 spiro atoms. The van der Waals surface area contributed by atoms with Gasteiger partial charge >= 0.3 is 11.9 Å². The Morgan fingerprint density at radius 1 is 0.719 bits per heavy atom.